The number of rotatable bonds is 4. The molecular weight excluding hydrogens is 494 g/mol. The second-order valence-electron chi connectivity index (χ2n) is 10.6. The molecule has 0 aliphatic heterocycles. The van der Waals surface area contributed by atoms with E-state index in [-0.39, 0.29) is 0 Å². The fraction of sp³-hybridized carbons (Fsp3) is 0. The molecule has 0 atom stereocenters. The molecular formula is C40H27N. The molecule has 0 saturated heterocycles. The maximum absolute atomic E-state index is 2.42. The maximum Gasteiger partial charge on any atom is 0.0546 e. The average molecular weight is 522 g/mol. The van der Waals surface area contributed by atoms with Crippen molar-refractivity contribution in [1.29, 1.82) is 0 Å². The van der Waals surface area contributed by atoms with Gasteiger partial charge in [0.05, 0.1) is 5.69 Å². The molecule has 0 unspecified atom stereocenters. The van der Waals surface area contributed by atoms with Crippen molar-refractivity contribution in [3.05, 3.63) is 164 Å². The summed E-state index contributed by atoms with van der Waals surface area (Å²) in [7, 11) is 0. The molecule has 0 aliphatic carbocycles. The molecule has 0 N–H and O–H groups in total. The van der Waals surface area contributed by atoms with Crippen LogP contribution in [0.4, 0.5) is 17.1 Å². The van der Waals surface area contributed by atoms with Crippen LogP contribution in [0, 0.1) is 0 Å². The fourth-order valence-corrected chi connectivity index (χ4v) is 6.16. The first-order valence-electron chi connectivity index (χ1n) is 14.1. The molecule has 0 heterocycles. The lowest BCUT2D eigenvalue weighted by molar-refractivity contribution is 1.31. The van der Waals surface area contributed by atoms with Crippen molar-refractivity contribution in [2.45, 2.75) is 0 Å². The normalized spacial score (nSPS) is 11.4. The molecule has 0 aromatic heterocycles. The number of fused-ring (bicyclic) bond motifs is 4. The van der Waals surface area contributed by atoms with Crippen molar-refractivity contribution in [3.8, 4) is 11.1 Å². The molecule has 41 heavy (non-hydrogen) atoms. The van der Waals surface area contributed by atoms with E-state index >= 15 is 0 Å². The van der Waals surface area contributed by atoms with Gasteiger partial charge in [-0.3, -0.25) is 0 Å². The molecule has 1 heteroatoms. The highest BCUT2D eigenvalue weighted by atomic mass is 15.1. The van der Waals surface area contributed by atoms with Crippen molar-refractivity contribution in [2.75, 3.05) is 4.90 Å². The predicted molar refractivity (Wildman–Crippen MR) is 177 cm³/mol. The van der Waals surface area contributed by atoms with Gasteiger partial charge in [-0.1, -0.05) is 127 Å². The lowest BCUT2D eigenvalue weighted by Gasteiger charge is -2.28. The SMILES string of the molecule is c1ccc2cc(-c3cccc4cccc(N(c5ccc6ccccc6c5)c5ccc6ccccc6c5)c34)ccc2c1. The topological polar surface area (TPSA) is 3.24 Å². The van der Waals surface area contributed by atoms with Crippen LogP contribution >= 0.6 is 0 Å². The van der Waals surface area contributed by atoms with Crippen LogP contribution in [0.25, 0.3) is 54.2 Å². The number of hydrogen-bond donors (Lipinski definition) is 0. The first kappa shape index (κ1) is 23.5. The van der Waals surface area contributed by atoms with Gasteiger partial charge in [-0.05, 0) is 85.2 Å². The summed E-state index contributed by atoms with van der Waals surface area (Å²) in [6.45, 7) is 0. The van der Waals surface area contributed by atoms with E-state index < -0.39 is 0 Å². The smallest absolute Gasteiger partial charge is 0.0546 e. The van der Waals surface area contributed by atoms with E-state index in [0.29, 0.717) is 0 Å². The highest BCUT2D eigenvalue weighted by molar-refractivity contribution is 6.09. The van der Waals surface area contributed by atoms with Crippen molar-refractivity contribution < 1.29 is 0 Å². The highest BCUT2D eigenvalue weighted by Crippen LogP contribution is 2.44. The zero-order chi connectivity index (χ0) is 27.2. The lowest BCUT2D eigenvalue weighted by Crippen LogP contribution is -2.11. The van der Waals surface area contributed by atoms with Crippen LogP contribution < -0.4 is 4.90 Å². The Morgan fingerprint density at radius 1 is 0.317 bits per heavy atom. The van der Waals surface area contributed by atoms with Gasteiger partial charge < -0.3 is 4.90 Å². The van der Waals surface area contributed by atoms with Crippen molar-refractivity contribution in [1.82, 2.24) is 0 Å². The maximum atomic E-state index is 2.42. The van der Waals surface area contributed by atoms with Crippen LogP contribution in [0.5, 0.6) is 0 Å². The van der Waals surface area contributed by atoms with E-state index in [9.17, 15) is 0 Å². The van der Waals surface area contributed by atoms with Crippen LogP contribution in [-0.2, 0) is 0 Å². The zero-order valence-corrected chi connectivity index (χ0v) is 22.5. The van der Waals surface area contributed by atoms with Crippen molar-refractivity contribution >= 4 is 60.2 Å². The minimum absolute atomic E-state index is 1.14. The number of nitrogens with zero attached hydrogens (tertiary/aromatic N) is 1. The Hall–Kier alpha value is -5.40. The molecule has 192 valence electrons. The van der Waals surface area contributed by atoms with Gasteiger partial charge in [-0.2, -0.15) is 0 Å². The Morgan fingerprint density at radius 3 is 1.37 bits per heavy atom. The summed E-state index contributed by atoms with van der Waals surface area (Å²) in [5.41, 5.74) is 5.89. The van der Waals surface area contributed by atoms with Gasteiger partial charge in [0, 0.05) is 16.8 Å². The summed E-state index contributed by atoms with van der Waals surface area (Å²) < 4.78 is 0. The summed E-state index contributed by atoms with van der Waals surface area (Å²) in [6, 6.07) is 59.4. The van der Waals surface area contributed by atoms with Crippen LogP contribution in [0.2, 0.25) is 0 Å². The quantitative estimate of drug-likeness (QED) is 0.223. The van der Waals surface area contributed by atoms with Gasteiger partial charge in [0.25, 0.3) is 0 Å². The van der Waals surface area contributed by atoms with Gasteiger partial charge in [-0.15, -0.1) is 0 Å². The van der Waals surface area contributed by atoms with Crippen LogP contribution in [0.3, 0.4) is 0 Å². The Balaban J connectivity index is 1.42. The number of benzene rings is 8. The molecule has 0 saturated carbocycles. The van der Waals surface area contributed by atoms with E-state index in [4.69, 9.17) is 0 Å². The van der Waals surface area contributed by atoms with Crippen LogP contribution in [0.1, 0.15) is 0 Å². The third-order valence-electron chi connectivity index (χ3n) is 8.17. The van der Waals surface area contributed by atoms with Gasteiger partial charge in [-0.25, -0.2) is 0 Å². The van der Waals surface area contributed by atoms with Gasteiger partial charge in [0.2, 0.25) is 0 Å². The first-order valence-corrected chi connectivity index (χ1v) is 14.1. The highest BCUT2D eigenvalue weighted by Gasteiger charge is 2.19. The molecule has 8 aromatic rings. The van der Waals surface area contributed by atoms with Crippen molar-refractivity contribution in [2.24, 2.45) is 0 Å². The summed E-state index contributed by atoms with van der Waals surface area (Å²) in [5, 5.41) is 9.91. The summed E-state index contributed by atoms with van der Waals surface area (Å²) in [4.78, 5) is 2.42. The van der Waals surface area contributed by atoms with Crippen LogP contribution in [0.15, 0.2) is 164 Å². The molecule has 0 fully saturated rings. The summed E-state index contributed by atoms with van der Waals surface area (Å²) in [5.74, 6) is 0. The third kappa shape index (κ3) is 4.11. The first-order chi connectivity index (χ1) is 20.3. The second kappa shape index (κ2) is 9.66. The standard InChI is InChI=1S/C40H27N/c1-4-12-32-25-35(20-19-28(32)9-1)38-17-7-15-31-16-8-18-39(40(31)38)41(36-23-21-29-10-2-5-13-33(29)26-36)37-24-22-30-11-3-6-14-34(30)27-37/h1-27H. The average Bonchev–Trinajstić information content (AvgIpc) is 3.04. The Kier molecular flexibility index (Phi) is 5.53. The van der Waals surface area contributed by atoms with E-state index in [1.807, 2.05) is 0 Å². The molecule has 0 bridgehead atoms. The molecule has 8 aromatic carbocycles. The van der Waals surface area contributed by atoms with Gasteiger partial charge >= 0.3 is 0 Å². The fourth-order valence-electron chi connectivity index (χ4n) is 6.16. The number of hydrogen-bond acceptors (Lipinski definition) is 1. The van der Waals surface area contributed by atoms with E-state index in [1.54, 1.807) is 0 Å². The molecule has 8 rings (SSSR count). The molecule has 0 amide bonds. The number of anilines is 3. The Labute approximate surface area is 239 Å². The van der Waals surface area contributed by atoms with E-state index in [2.05, 4.69) is 169 Å². The molecule has 1 nitrogen and oxygen atoms in total. The van der Waals surface area contributed by atoms with E-state index in [1.165, 1.54) is 54.2 Å². The predicted octanol–water partition coefficient (Wildman–Crippen LogP) is 11.4. The zero-order valence-electron chi connectivity index (χ0n) is 22.5. The van der Waals surface area contributed by atoms with Crippen molar-refractivity contribution in [3.63, 3.8) is 0 Å². The minimum Gasteiger partial charge on any atom is -0.310 e. The minimum atomic E-state index is 1.14. The molecule has 0 spiro atoms. The lowest BCUT2D eigenvalue weighted by atomic mass is 9.94. The van der Waals surface area contributed by atoms with E-state index in [0.717, 1.165) is 17.1 Å². The summed E-state index contributed by atoms with van der Waals surface area (Å²) >= 11 is 0. The van der Waals surface area contributed by atoms with Gasteiger partial charge in [0.1, 0.15) is 0 Å². The molecule has 0 radical (unpaired) electrons. The monoisotopic (exact) mass is 521 g/mol. The second-order valence-corrected chi connectivity index (χ2v) is 10.6. The van der Waals surface area contributed by atoms with Gasteiger partial charge in [0.15, 0.2) is 0 Å². The third-order valence-corrected chi connectivity index (χ3v) is 8.17. The summed E-state index contributed by atoms with van der Waals surface area (Å²) in [6.07, 6.45) is 0. The Bertz CT molecular complexity index is 2140. The Morgan fingerprint density at radius 2 is 0.780 bits per heavy atom. The molecule has 0 aliphatic rings. The van der Waals surface area contributed by atoms with Crippen LogP contribution in [-0.4, -0.2) is 0 Å². The largest absolute Gasteiger partial charge is 0.310 e.